The maximum atomic E-state index is 11.3. The molecule has 0 heterocycles. The number of nitrogens with one attached hydrogen (secondary N) is 1. The quantitative estimate of drug-likeness (QED) is 0.662. The van der Waals surface area contributed by atoms with Crippen LogP contribution in [0.25, 0.3) is 0 Å². The summed E-state index contributed by atoms with van der Waals surface area (Å²) >= 11 is 0. The van der Waals surface area contributed by atoms with Crippen molar-refractivity contribution in [2.45, 2.75) is 59.5 Å². The van der Waals surface area contributed by atoms with E-state index in [9.17, 15) is 4.79 Å². The molecule has 0 aromatic carbocycles. The number of carbonyl (C=O) groups is 1. The number of carbonyl (C=O) groups excluding carboxylic acids is 1. The van der Waals surface area contributed by atoms with Crippen molar-refractivity contribution in [3.63, 3.8) is 0 Å². The average Bonchev–Trinajstić information content (AvgIpc) is 2.15. The molecular formula is C12H25NO2. The lowest BCUT2D eigenvalue weighted by atomic mass is 10.0. The van der Waals surface area contributed by atoms with Crippen molar-refractivity contribution in [2.24, 2.45) is 5.92 Å². The average molecular weight is 215 g/mol. The molecule has 2 unspecified atom stereocenters. The van der Waals surface area contributed by atoms with Crippen molar-refractivity contribution >= 4 is 5.97 Å². The predicted molar refractivity (Wildman–Crippen MR) is 62.8 cm³/mol. The smallest absolute Gasteiger partial charge is 0.322 e. The standard InChI is InChI=1S/C12H25NO2/c1-6-15-12(14)11(5)13-10(4)8-7-9(2)3/h9-11,13H,6-8H2,1-5H3. The fraction of sp³-hybridized carbons (Fsp3) is 0.917. The van der Waals surface area contributed by atoms with E-state index in [2.05, 4.69) is 26.1 Å². The highest BCUT2D eigenvalue weighted by molar-refractivity contribution is 5.75. The van der Waals surface area contributed by atoms with Gasteiger partial charge in [-0.2, -0.15) is 0 Å². The summed E-state index contributed by atoms with van der Waals surface area (Å²) in [6.45, 7) is 10.7. The van der Waals surface area contributed by atoms with E-state index in [4.69, 9.17) is 4.74 Å². The third-order valence-electron chi connectivity index (χ3n) is 2.35. The van der Waals surface area contributed by atoms with E-state index in [-0.39, 0.29) is 12.0 Å². The van der Waals surface area contributed by atoms with Gasteiger partial charge in [0.25, 0.3) is 0 Å². The molecule has 0 aliphatic carbocycles. The Labute approximate surface area is 93.6 Å². The van der Waals surface area contributed by atoms with E-state index >= 15 is 0 Å². The van der Waals surface area contributed by atoms with Crippen molar-refractivity contribution in [3.8, 4) is 0 Å². The van der Waals surface area contributed by atoms with E-state index in [1.807, 2.05) is 13.8 Å². The first-order valence-electron chi connectivity index (χ1n) is 5.90. The number of hydrogen-bond acceptors (Lipinski definition) is 3. The van der Waals surface area contributed by atoms with Crippen LogP contribution in [-0.4, -0.2) is 24.7 Å². The zero-order valence-electron chi connectivity index (χ0n) is 10.7. The van der Waals surface area contributed by atoms with Crippen LogP contribution in [0.3, 0.4) is 0 Å². The number of esters is 1. The summed E-state index contributed by atoms with van der Waals surface area (Å²) in [6.07, 6.45) is 2.28. The molecule has 0 spiro atoms. The third-order valence-corrected chi connectivity index (χ3v) is 2.35. The maximum absolute atomic E-state index is 11.3. The Morgan fingerprint density at radius 3 is 2.27 bits per heavy atom. The van der Waals surface area contributed by atoms with Crippen LogP contribution in [0.4, 0.5) is 0 Å². The Morgan fingerprint density at radius 1 is 1.20 bits per heavy atom. The van der Waals surface area contributed by atoms with Gasteiger partial charge in [0, 0.05) is 6.04 Å². The first-order valence-corrected chi connectivity index (χ1v) is 5.90. The molecule has 0 saturated heterocycles. The van der Waals surface area contributed by atoms with Crippen LogP contribution in [0, 0.1) is 5.92 Å². The highest BCUT2D eigenvalue weighted by Gasteiger charge is 2.15. The van der Waals surface area contributed by atoms with Gasteiger partial charge >= 0.3 is 5.97 Å². The zero-order chi connectivity index (χ0) is 11.8. The molecule has 0 fully saturated rings. The molecule has 3 heteroatoms. The van der Waals surface area contributed by atoms with Gasteiger partial charge in [0.1, 0.15) is 6.04 Å². The summed E-state index contributed by atoms with van der Waals surface area (Å²) in [4.78, 5) is 11.3. The van der Waals surface area contributed by atoms with Crippen LogP contribution in [0.5, 0.6) is 0 Å². The minimum absolute atomic E-state index is 0.158. The Balaban J connectivity index is 3.74. The van der Waals surface area contributed by atoms with Crippen molar-refractivity contribution in [1.82, 2.24) is 5.32 Å². The van der Waals surface area contributed by atoms with Crippen molar-refractivity contribution < 1.29 is 9.53 Å². The minimum Gasteiger partial charge on any atom is -0.465 e. The number of hydrogen-bond donors (Lipinski definition) is 1. The minimum atomic E-state index is -0.202. The molecule has 0 aliphatic heterocycles. The van der Waals surface area contributed by atoms with Gasteiger partial charge in [-0.15, -0.1) is 0 Å². The molecule has 0 aromatic rings. The zero-order valence-corrected chi connectivity index (χ0v) is 10.7. The van der Waals surface area contributed by atoms with Crippen molar-refractivity contribution in [3.05, 3.63) is 0 Å². The summed E-state index contributed by atoms with van der Waals surface area (Å²) in [7, 11) is 0. The summed E-state index contributed by atoms with van der Waals surface area (Å²) in [5.74, 6) is 0.557. The maximum Gasteiger partial charge on any atom is 0.322 e. The monoisotopic (exact) mass is 215 g/mol. The lowest BCUT2D eigenvalue weighted by Gasteiger charge is -2.19. The van der Waals surface area contributed by atoms with Crippen LogP contribution >= 0.6 is 0 Å². The Hall–Kier alpha value is -0.570. The Kier molecular flexibility index (Phi) is 7.39. The number of ether oxygens (including phenoxy) is 1. The lowest BCUT2D eigenvalue weighted by Crippen LogP contribution is -2.41. The topological polar surface area (TPSA) is 38.3 Å². The van der Waals surface area contributed by atoms with E-state index in [1.165, 1.54) is 6.42 Å². The summed E-state index contributed by atoms with van der Waals surface area (Å²) < 4.78 is 4.93. The highest BCUT2D eigenvalue weighted by atomic mass is 16.5. The molecule has 0 aliphatic rings. The molecule has 0 amide bonds. The van der Waals surface area contributed by atoms with Gasteiger partial charge in [0.05, 0.1) is 6.61 Å². The van der Waals surface area contributed by atoms with E-state index < -0.39 is 0 Å². The first-order chi connectivity index (χ1) is 6.97. The molecule has 1 N–H and O–H groups in total. The van der Waals surface area contributed by atoms with Crippen LogP contribution in [0.15, 0.2) is 0 Å². The van der Waals surface area contributed by atoms with Gasteiger partial charge in [-0.25, -0.2) is 0 Å². The van der Waals surface area contributed by atoms with Crippen LogP contribution in [0.2, 0.25) is 0 Å². The van der Waals surface area contributed by atoms with Gasteiger partial charge in [-0.3, -0.25) is 4.79 Å². The fourth-order valence-corrected chi connectivity index (χ4v) is 1.43. The van der Waals surface area contributed by atoms with Gasteiger partial charge in [-0.05, 0) is 39.5 Å². The van der Waals surface area contributed by atoms with E-state index in [1.54, 1.807) is 0 Å². The lowest BCUT2D eigenvalue weighted by molar-refractivity contribution is -0.145. The van der Waals surface area contributed by atoms with Crippen molar-refractivity contribution in [2.75, 3.05) is 6.61 Å². The second-order valence-electron chi connectivity index (χ2n) is 4.51. The summed E-state index contributed by atoms with van der Waals surface area (Å²) in [5, 5.41) is 3.25. The molecule has 0 saturated carbocycles. The van der Waals surface area contributed by atoms with Gasteiger partial charge in [0.2, 0.25) is 0 Å². The second kappa shape index (κ2) is 7.69. The van der Waals surface area contributed by atoms with Crippen LogP contribution < -0.4 is 5.32 Å². The largest absolute Gasteiger partial charge is 0.465 e. The molecule has 0 bridgehead atoms. The van der Waals surface area contributed by atoms with Crippen molar-refractivity contribution in [1.29, 1.82) is 0 Å². The molecule has 0 rings (SSSR count). The number of rotatable bonds is 7. The molecular weight excluding hydrogens is 190 g/mol. The molecule has 2 atom stereocenters. The van der Waals surface area contributed by atoms with E-state index in [0.29, 0.717) is 18.6 Å². The SMILES string of the molecule is CCOC(=O)C(C)NC(C)CCC(C)C. The second-order valence-corrected chi connectivity index (χ2v) is 4.51. The molecule has 0 aromatic heterocycles. The predicted octanol–water partition coefficient (Wildman–Crippen LogP) is 2.35. The van der Waals surface area contributed by atoms with Crippen LogP contribution in [0.1, 0.15) is 47.5 Å². The molecule has 0 radical (unpaired) electrons. The summed E-state index contributed by atoms with van der Waals surface area (Å²) in [5.41, 5.74) is 0. The normalized spacial score (nSPS) is 15.1. The van der Waals surface area contributed by atoms with Gasteiger partial charge in [-0.1, -0.05) is 13.8 Å². The fourth-order valence-electron chi connectivity index (χ4n) is 1.43. The molecule has 15 heavy (non-hydrogen) atoms. The van der Waals surface area contributed by atoms with E-state index in [0.717, 1.165) is 6.42 Å². The summed E-state index contributed by atoms with van der Waals surface area (Å²) in [6, 6.07) is 0.166. The third kappa shape index (κ3) is 7.37. The van der Waals surface area contributed by atoms with Gasteiger partial charge in [0.15, 0.2) is 0 Å². The molecule has 3 nitrogen and oxygen atoms in total. The first kappa shape index (κ1) is 14.4. The Bertz CT molecular complexity index is 180. The Morgan fingerprint density at radius 2 is 1.80 bits per heavy atom. The van der Waals surface area contributed by atoms with Gasteiger partial charge < -0.3 is 10.1 Å². The molecule has 90 valence electrons. The van der Waals surface area contributed by atoms with Crippen LogP contribution in [-0.2, 0) is 9.53 Å². The highest BCUT2D eigenvalue weighted by Crippen LogP contribution is 2.07.